The van der Waals surface area contributed by atoms with Gasteiger partial charge in [-0.25, -0.2) is 4.98 Å². The van der Waals surface area contributed by atoms with E-state index in [1.165, 1.54) is 6.20 Å². The van der Waals surface area contributed by atoms with Crippen LogP contribution in [0.1, 0.15) is 17.4 Å². The van der Waals surface area contributed by atoms with Gasteiger partial charge in [0.1, 0.15) is 5.69 Å². The number of para-hydroxylation sites is 2. The summed E-state index contributed by atoms with van der Waals surface area (Å²) in [7, 11) is 0. The molecule has 4 heteroatoms. The SMILES string of the molecule is C=C(C)NC(=O)c1cnc2ccccc2n1. The van der Waals surface area contributed by atoms with Gasteiger partial charge in [0.25, 0.3) is 5.91 Å². The average molecular weight is 213 g/mol. The van der Waals surface area contributed by atoms with E-state index in [1.54, 1.807) is 6.92 Å². The molecular weight excluding hydrogens is 202 g/mol. The van der Waals surface area contributed by atoms with Crippen molar-refractivity contribution in [1.29, 1.82) is 0 Å². The van der Waals surface area contributed by atoms with Crippen molar-refractivity contribution in [3.05, 3.63) is 48.4 Å². The summed E-state index contributed by atoms with van der Waals surface area (Å²) in [6.07, 6.45) is 1.46. The Bertz CT molecular complexity index is 563. The molecule has 0 saturated carbocycles. The Morgan fingerprint density at radius 3 is 2.69 bits per heavy atom. The second-order valence-electron chi connectivity index (χ2n) is 3.48. The third-order valence-electron chi connectivity index (χ3n) is 2.01. The number of rotatable bonds is 2. The molecule has 1 N–H and O–H groups in total. The van der Waals surface area contributed by atoms with Gasteiger partial charge in [-0.3, -0.25) is 9.78 Å². The average Bonchev–Trinajstić information content (AvgIpc) is 2.27. The third kappa shape index (κ3) is 2.06. The maximum absolute atomic E-state index is 11.6. The summed E-state index contributed by atoms with van der Waals surface area (Å²) >= 11 is 0. The number of allylic oxidation sites excluding steroid dienone is 1. The zero-order valence-corrected chi connectivity index (χ0v) is 8.90. The predicted molar refractivity (Wildman–Crippen MR) is 61.8 cm³/mol. The summed E-state index contributed by atoms with van der Waals surface area (Å²) < 4.78 is 0. The molecule has 1 heterocycles. The summed E-state index contributed by atoms with van der Waals surface area (Å²) in [6, 6.07) is 7.41. The standard InChI is InChI=1S/C12H11N3O/c1-8(2)14-12(16)11-7-13-9-5-3-4-6-10(9)15-11/h3-7H,1H2,2H3,(H,14,16). The van der Waals surface area contributed by atoms with Crippen LogP contribution in [0.15, 0.2) is 42.7 Å². The first-order valence-electron chi connectivity index (χ1n) is 4.85. The smallest absolute Gasteiger partial charge is 0.275 e. The molecule has 16 heavy (non-hydrogen) atoms. The lowest BCUT2D eigenvalue weighted by Crippen LogP contribution is -2.22. The van der Waals surface area contributed by atoms with Crippen LogP contribution in [0.25, 0.3) is 11.0 Å². The number of aromatic nitrogens is 2. The molecule has 1 aromatic carbocycles. The number of hydrogen-bond donors (Lipinski definition) is 1. The molecule has 0 saturated heterocycles. The molecule has 1 amide bonds. The minimum Gasteiger partial charge on any atom is -0.325 e. The highest BCUT2D eigenvalue weighted by Gasteiger charge is 2.08. The number of amides is 1. The zero-order valence-electron chi connectivity index (χ0n) is 8.90. The second-order valence-corrected chi connectivity index (χ2v) is 3.48. The number of fused-ring (bicyclic) bond motifs is 1. The van der Waals surface area contributed by atoms with E-state index >= 15 is 0 Å². The molecule has 80 valence electrons. The minimum absolute atomic E-state index is 0.286. The van der Waals surface area contributed by atoms with Crippen molar-refractivity contribution in [2.75, 3.05) is 0 Å². The zero-order chi connectivity index (χ0) is 11.5. The Kier molecular flexibility index (Phi) is 2.64. The Hall–Kier alpha value is -2.23. The number of carbonyl (C=O) groups excluding carboxylic acids is 1. The highest BCUT2D eigenvalue weighted by atomic mass is 16.1. The van der Waals surface area contributed by atoms with Gasteiger partial charge in [-0.1, -0.05) is 18.7 Å². The number of hydrogen-bond acceptors (Lipinski definition) is 3. The first kappa shape index (κ1) is 10.3. The number of nitrogens with one attached hydrogen (secondary N) is 1. The van der Waals surface area contributed by atoms with E-state index in [4.69, 9.17) is 0 Å². The summed E-state index contributed by atoms with van der Waals surface area (Å²) in [6.45, 7) is 5.32. The molecule has 0 fully saturated rings. The van der Waals surface area contributed by atoms with Gasteiger partial charge in [0.05, 0.1) is 17.2 Å². The molecule has 0 radical (unpaired) electrons. The van der Waals surface area contributed by atoms with E-state index in [1.807, 2.05) is 24.3 Å². The van der Waals surface area contributed by atoms with Crippen LogP contribution < -0.4 is 5.32 Å². The van der Waals surface area contributed by atoms with Crippen molar-refractivity contribution in [2.45, 2.75) is 6.92 Å². The first-order chi connectivity index (χ1) is 7.66. The lowest BCUT2D eigenvalue weighted by molar-refractivity contribution is 0.0961. The molecule has 4 nitrogen and oxygen atoms in total. The molecule has 0 spiro atoms. The molecule has 1 aromatic heterocycles. The maximum Gasteiger partial charge on any atom is 0.275 e. The van der Waals surface area contributed by atoms with Gasteiger partial charge in [0.15, 0.2) is 0 Å². The summed E-state index contributed by atoms with van der Waals surface area (Å²) in [5, 5.41) is 2.59. The molecule has 2 aromatic rings. The van der Waals surface area contributed by atoms with Crippen LogP contribution in [0.5, 0.6) is 0 Å². The van der Waals surface area contributed by atoms with Crippen molar-refractivity contribution in [3.8, 4) is 0 Å². The van der Waals surface area contributed by atoms with Gasteiger partial charge in [-0.15, -0.1) is 0 Å². The van der Waals surface area contributed by atoms with Crippen LogP contribution >= 0.6 is 0 Å². The molecule has 0 aliphatic carbocycles. The summed E-state index contributed by atoms with van der Waals surface area (Å²) in [5.41, 5.74) is 2.35. The molecule has 2 rings (SSSR count). The van der Waals surface area contributed by atoms with Crippen molar-refractivity contribution in [1.82, 2.24) is 15.3 Å². The van der Waals surface area contributed by atoms with Gasteiger partial charge in [0.2, 0.25) is 0 Å². The monoisotopic (exact) mass is 213 g/mol. The van der Waals surface area contributed by atoms with E-state index in [-0.39, 0.29) is 5.91 Å². The Labute approximate surface area is 93.0 Å². The Morgan fingerprint density at radius 1 is 1.31 bits per heavy atom. The summed E-state index contributed by atoms with van der Waals surface area (Å²) in [5.74, 6) is -0.286. The largest absolute Gasteiger partial charge is 0.325 e. The van der Waals surface area contributed by atoms with Gasteiger partial charge in [-0.05, 0) is 19.1 Å². The van der Waals surface area contributed by atoms with E-state index in [2.05, 4.69) is 21.9 Å². The van der Waals surface area contributed by atoms with Crippen LogP contribution in [0.2, 0.25) is 0 Å². The second kappa shape index (κ2) is 4.10. The third-order valence-corrected chi connectivity index (χ3v) is 2.01. The normalized spacial score (nSPS) is 10.1. The Morgan fingerprint density at radius 2 is 2.00 bits per heavy atom. The molecule has 0 aliphatic rings. The van der Waals surface area contributed by atoms with Crippen molar-refractivity contribution in [3.63, 3.8) is 0 Å². The van der Waals surface area contributed by atoms with Crippen molar-refractivity contribution >= 4 is 16.9 Å². The summed E-state index contributed by atoms with van der Waals surface area (Å²) in [4.78, 5) is 20.0. The number of nitrogens with zero attached hydrogens (tertiary/aromatic N) is 2. The van der Waals surface area contributed by atoms with Crippen LogP contribution in [-0.2, 0) is 0 Å². The van der Waals surface area contributed by atoms with Gasteiger partial charge in [-0.2, -0.15) is 0 Å². The highest BCUT2D eigenvalue weighted by molar-refractivity contribution is 5.94. The highest BCUT2D eigenvalue weighted by Crippen LogP contribution is 2.08. The molecular formula is C12H11N3O. The predicted octanol–water partition coefficient (Wildman–Crippen LogP) is 1.89. The molecule has 0 atom stereocenters. The van der Waals surface area contributed by atoms with Crippen LogP contribution in [-0.4, -0.2) is 15.9 Å². The van der Waals surface area contributed by atoms with E-state index in [0.29, 0.717) is 16.9 Å². The Balaban J connectivity index is 2.39. The van der Waals surface area contributed by atoms with Crippen LogP contribution in [0.3, 0.4) is 0 Å². The van der Waals surface area contributed by atoms with Crippen molar-refractivity contribution in [2.24, 2.45) is 0 Å². The first-order valence-corrected chi connectivity index (χ1v) is 4.85. The van der Waals surface area contributed by atoms with Gasteiger partial charge in [0, 0.05) is 5.70 Å². The van der Waals surface area contributed by atoms with Crippen molar-refractivity contribution < 1.29 is 4.79 Å². The molecule has 0 unspecified atom stereocenters. The minimum atomic E-state index is -0.286. The fraction of sp³-hybridized carbons (Fsp3) is 0.0833. The lowest BCUT2D eigenvalue weighted by Gasteiger charge is -2.03. The van der Waals surface area contributed by atoms with Crippen LogP contribution in [0.4, 0.5) is 0 Å². The van der Waals surface area contributed by atoms with Gasteiger partial charge < -0.3 is 5.32 Å². The topological polar surface area (TPSA) is 54.9 Å². The molecule has 0 aliphatic heterocycles. The van der Waals surface area contributed by atoms with E-state index in [0.717, 1.165) is 5.52 Å². The maximum atomic E-state index is 11.6. The molecule has 0 bridgehead atoms. The quantitative estimate of drug-likeness (QED) is 0.828. The fourth-order valence-electron chi connectivity index (χ4n) is 1.32. The number of carbonyl (C=O) groups is 1. The lowest BCUT2D eigenvalue weighted by atomic mass is 10.3. The van der Waals surface area contributed by atoms with E-state index < -0.39 is 0 Å². The number of benzene rings is 1. The van der Waals surface area contributed by atoms with Crippen LogP contribution in [0, 0.1) is 0 Å². The fourth-order valence-corrected chi connectivity index (χ4v) is 1.32. The van der Waals surface area contributed by atoms with E-state index in [9.17, 15) is 4.79 Å². The van der Waals surface area contributed by atoms with Gasteiger partial charge >= 0.3 is 0 Å².